The van der Waals surface area contributed by atoms with E-state index in [0.29, 0.717) is 11.5 Å². The predicted octanol–water partition coefficient (Wildman–Crippen LogP) is 2.46. The van der Waals surface area contributed by atoms with Gasteiger partial charge in [0, 0.05) is 24.4 Å². The average molecular weight is 408 g/mol. The second kappa shape index (κ2) is 8.20. The number of hydrogen-bond acceptors (Lipinski definition) is 5. The van der Waals surface area contributed by atoms with Crippen LogP contribution in [0, 0.1) is 5.82 Å². The molecule has 0 fully saturated rings. The lowest BCUT2D eigenvalue weighted by Crippen LogP contribution is -2.41. The maximum absolute atomic E-state index is 13.2. The van der Waals surface area contributed by atoms with Crippen molar-refractivity contribution in [3.05, 3.63) is 94.2 Å². The van der Waals surface area contributed by atoms with Gasteiger partial charge in [-0.05, 0) is 48.0 Å². The molecule has 1 atom stereocenters. The Hall–Kier alpha value is -3.94. The third-order valence-corrected chi connectivity index (χ3v) is 4.66. The number of ketones is 1. The summed E-state index contributed by atoms with van der Waals surface area (Å²) in [7, 11) is 0. The standard InChI is InChI=1S/C22H17FN2O5/c23-16-7-5-15(6-8-16)21(27)20(25-10-2-1-3-19(25)26)22(28)24-12-14-4-9-17-18(11-14)30-13-29-17/h1-11,20H,12-13H2,(H,24,28). The number of fused-ring (bicyclic) bond motifs is 1. The van der Waals surface area contributed by atoms with Gasteiger partial charge in [0.1, 0.15) is 5.82 Å². The van der Waals surface area contributed by atoms with Gasteiger partial charge in [-0.1, -0.05) is 12.1 Å². The van der Waals surface area contributed by atoms with E-state index in [-0.39, 0.29) is 18.9 Å². The zero-order valence-electron chi connectivity index (χ0n) is 15.7. The number of aromatic nitrogens is 1. The fourth-order valence-corrected chi connectivity index (χ4v) is 3.13. The number of amides is 1. The molecule has 3 aromatic rings. The number of pyridine rings is 1. The van der Waals surface area contributed by atoms with Gasteiger partial charge in [-0.15, -0.1) is 0 Å². The largest absolute Gasteiger partial charge is 0.454 e. The monoisotopic (exact) mass is 408 g/mol. The number of Topliss-reactive ketones (excluding diaryl/α,β-unsaturated/α-hetero) is 1. The average Bonchev–Trinajstić information content (AvgIpc) is 3.22. The number of rotatable bonds is 6. The molecule has 0 saturated heterocycles. The summed E-state index contributed by atoms with van der Waals surface area (Å²) < 4.78 is 24.9. The Morgan fingerprint density at radius 3 is 2.57 bits per heavy atom. The van der Waals surface area contributed by atoms with Crippen molar-refractivity contribution in [3.63, 3.8) is 0 Å². The number of carbonyl (C=O) groups is 2. The van der Waals surface area contributed by atoms with E-state index in [2.05, 4.69) is 5.32 Å². The van der Waals surface area contributed by atoms with Crippen molar-refractivity contribution in [1.82, 2.24) is 9.88 Å². The zero-order chi connectivity index (χ0) is 21.1. The summed E-state index contributed by atoms with van der Waals surface area (Å²) >= 11 is 0. The summed E-state index contributed by atoms with van der Waals surface area (Å²) in [5.74, 6) is -0.598. The van der Waals surface area contributed by atoms with Crippen molar-refractivity contribution < 1.29 is 23.5 Å². The van der Waals surface area contributed by atoms with Crippen molar-refractivity contribution in [2.45, 2.75) is 12.6 Å². The lowest BCUT2D eigenvalue weighted by molar-refractivity contribution is -0.123. The molecule has 1 aliphatic heterocycles. The Morgan fingerprint density at radius 1 is 1.03 bits per heavy atom. The molecule has 0 spiro atoms. The normalized spacial score (nSPS) is 13.0. The van der Waals surface area contributed by atoms with Crippen LogP contribution in [0.1, 0.15) is 22.0 Å². The molecule has 0 radical (unpaired) electrons. The van der Waals surface area contributed by atoms with E-state index in [0.717, 1.165) is 22.3 Å². The maximum Gasteiger partial charge on any atom is 0.251 e. The SMILES string of the molecule is O=C(NCc1ccc2c(c1)OCO2)C(C(=O)c1ccc(F)cc1)n1ccccc1=O. The van der Waals surface area contributed by atoms with Gasteiger partial charge in [-0.2, -0.15) is 0 Å². The van der Waals surface area contributed by atoms with Gasteiger partial charge in [0.25, 0.3) is 11.5 Å². The summed E-state index contributed by atoms with van der Waals surface area (Å²) in [5.41, 5.74) is 0.354. The smallest absolute Gasteiger partial charge is 0.251 e. The number of nitrogens with one attached hydrogen (secondary N) is 1. The van der Waals surface area contributed by atoms with E-state index in [1.54, 1.807) is 24.3 Å². The van der Waals surface area contributed by atoms with Crippen LogP contribution in [-0.4, -0.2) is 23.1 Å². The van der Waals surface area contributed by atoms with E-state index >= 15 is 0 Å². The van der Waals surface area contributed by atoms with Crippen molar-refractivity contribution in [3.8, 4) is 11.5 Å². The number of halogens is 1. The van der Waals surface area contributed by atoms with Crippen LogP contribution in [0.5, 0.6) is 11.5 Å². The van der Waals surface area contributed by atoms with Crippen LogP contribution in [-0.2, 0) is 11.3 Å². The van der Waals surface area contributed by atoms with Gasteiger partial charge in [0.2, 0.25) is 6.79 Å². The maximum atomic E-state index is 13.2. The molecule has 4 rings (SSSR count). The topological polar surface area (TPSA) is 86.6 Å². The Balaban J connectivity index is 1.59. The molecule has 2 heterocycles. The Kier molecular flexibility index (Phi) is 5.30. The molecule has 1 amide bonds. The summed E-state index contributed by atoms with van der Waals surface area (Å²) in [6.07, 6.45) is 1.37. The lowest BCUT2D eigenvalue weighted by Gasteiger charge is -2.18. The third kappa shape index (κ3) is 3.93. The Labute approximate surface area is 170 Å². The van der Waals surface area contributed by atoms with Gasteiger partial charge >= 0.3 is 0 Å². The number of ether oxygens (including phenoxy) is 2. The molecule has 0 saturated carbocycles. The third-order valence-electron chi connectivity index (χ3n) is 4.66. The van der Waals surface area contributed by atoms with Crippen molar-refractivity contribution in [2.75, 3.05) is 6.79 Å². The Morgan fingerprint density at radius 2 is 1.80 bits per heavy atom. The molecule has 7 nitrogen and oxygen atoms in total. The van der Waals surface area contributed by atoms with E-state index in [4.69, 9.17) is 9.47 Å². The molecule has 0 bridgehead atoms. The number of nitrogens with zero attached hydrogens (tertiary/aromatic N) is 1. The summed E-state index contributed by atoms with van der Waals surface area (Å²) in [5, 5.41) is 2.69. The number of benzene rings is 2. The first-order valence-electron chi connectivity index (χ1n) is 9.16. The highest BCUT2D eigenvalue weighted by atomic mass is 19.1. The molecule has 0 aliphatic carbocycles. The van der Waals surface area contributed by atoms with E-state index < -0.39 is 29.1 Å². The van der Waals surface area contributed by atoms with Crippen molar-refractivity contribution >= 4 is 11.7 Å². The van der Waals surface area contributed by atoms with Crippen LogP contribution in [0.25, 0.3) is 0 Å². The van der Waals surface area contributed by atoms with Crippen molar-refractivity contribution in [1.29, 1.82) is 0 Å². The molecular weight excluding hydrogens is 391 g/mol. The van der Waals surface area contributed by atoms with Crippen LogP contribution in [0.15, 0.2) is 71.7 Å². The van der Waals surface area contributed by atoms with Gasteiger partial charge in [-0.25, -0.2) is 4.39 Å². The van der Waals surface area contributed by atoms with Gasteiger partial charge in [0.05, 0.1) is 0 Å². The molecule has 8 heteroatoms. The van der Waals surface area contributed by atoms with E-state index in [9.17, 15) is 18.8 Å². The molecule has 1 aromatic heterocycles. The minimum atomic E-state index is -1.43. The lowest BCUT2D eigenvalue weighted by atomic mass is 10.0. The van der Waals surface area contributed by atoms with E-state index in [1.165, 1.54) is 30.5 Å². The highest BCUT2D eigenvalue weighted by Crippen LogP contribution is 2.32. The second-order valence-corrected chi connectivity index (χ2v) is 6.63. The summed E-state index contributed by atoms with van der Waals surface area (Å²) in [4.78, 5) is 38.3. The second-order valence-electron chi connectivity index (χ2n) is 6.63. The van der Waals surface area contributed by atoms with Gasteiger partial charge in [-0.3, -0.25) is 19.0 Å². The van der Waals surface area contributed by atoms with Crippen LogP contribution < -0.4 is 20.3 Å². The molecule has 1 aliphatic rings. The summed E-state index contributed by atoms with van der Waals surface area (Å²) in [6.45, 7) is 0.251. The van der Waals surface area contributed by atoms with Gasteiger partial charge in [0.15, 0.2) is 23.3 Å². The minimum absolute atomic E-state index is 0.115. The fraction of sp³-hybridized carbons (Fsp3) is 0.136. The van der Waals surface area contributed by atoms with Crippen LogP contribution >= 0.6 is 0 Å². The molecule has 1 unspecified atom stereocenters. The van der Waals surface area contributed by atoms with Crippen LogP contribution in [0.3, 0.4) is 0 Å². The quantitative estimate of drug-likeness (QED) is 0.500. The van der Waals surface area contributed by atoms with Crippen LogP contribution in [0.2, 0.25) is 0 Å². The first kappa shape index (κ1) is 19.4. The highest BCUT2D eigenvalue weighted by Gasteiger charge is 2.30. The molecule has 30 heavy (non-hydrogen) atoms. The molecule has 152 valence electrons. The number of hydrogen-bond donors (Lipinski definition) is 1. The molecule has 1 N–H and O–H groups in total. The predicted molar refractivity (Wildman–Crippen MR) is 105 cm³/mol. The summed E-state index contributed by atoms with van der Waals surface area (Å²) in [6, 6.07) is 12.9. The molecule has 2 aromatic carbocycles. The molecular formula is C22H17FN2O5. The van der Waals surface area contributed by atoms with Crippen LogP contribution in [0.4, 0.5) is 4.39 Å². The minimum Gasteiger partial charge on any atom is -0.454 e. The first-order chi connectivity index (χ1) is 14.5. The number of carbonyl (C=O) groups excluding carboxylic acids is 2. The first-order valence-corrected chi connectivity index (χ1v) is 9.16. The highest BCUT2D eigenvalue weighted by molar-refractivity contribution is 6.11. The Bertz CT molecular complexity index is 1160. The fourth-order valence-electron chi connectivity index (χ4n) is 3.13. The van der Waals surface area contributed by atoms with Crippen molar-refractivity contribution in [2.24, 2.45) is 0 Å². The van der Waals surface area contributed by atoms with E-state index in [1.807, 2.05) is 0 Å². The zero-order valence-corrected chi connectivity index (χ0v) is 15.7. The van der Waals surface area contributed by atoms with Gasteiger partial charge < -0.3 is 14.8 Å².